The van der Waals surface area contributed by atoms with Crippen molar-refractivity contribution in [2.75, 3.05) is 22.8 Å². The first-order chi connectivity index (χ1) is 14.3. The number of nitrogens with one attached hydrogen (secondary N) is 1. The number of carboxylic acids is 1. The molecule has 0 aliphatic carbocycles. The van der Waals surface area contributed by atoms with Gasteiger partial charge in [-0.3, -0.25) is 19.2 Å². The number of sulfonamides is 1. The van der Waals surface area contributed by atoms with Gasteiger partial charge < -0.3 is 9.84 Å². The van der Waals surface area contributed by atoms with E-state index in [-0.39, 0.29) is 28.6 Å². The second-order valence-electron chi connectivity index (χ2n) is 6.25. The largest absolute Gasteiger partial charge is 0.482 e. The van der Waals surface area contributed by atoms with Crippen molar-refractivity contribution in [2.45, 2.75) is 4.90 Å². The molecule has 0 fully saturated rings. The van der Waals surface area contributed by atoms with Crippen LogP contribution in [0.5, 0.6) is 5.75 Å². The van der Waals surface area contributed by atoms with Crippen molar-refractivity contribution in [1.82, 2.24) is 14.8 Å². The Morgan fingerprint density at radius 3 is 2.77 bits per heavy atom. The summed E-state index contributed by atoms with van der Waals surface area (Å²) in [7, 11) is -4.04. The highest BCUT2D eigenvalue weighted by Gasteiger charge is 2.29. The molecule has 1 aliphatic rings. The Bertz CT molecular complexity index is 1210. The normalized spacial score (nSPS) is 13.5. The van der Waals surface area contributed by atoms with E-state index < -0.39 is 28.4 Å². The van der Waals surface area contributed by atoms with E-state index in [0.29, 0.717) is 5.82 Å². The maximum atomic E-state index is 12.8. The Balaban J connectivity index is 1.61. The van der Waals surface area contributed by atoms with Gasteiger partial charge in [-0.2, -0.15) is 5.10 Å². The predicted octanol–water partition coefficient (Wildman–Crippen LogP) is 0.878. The van der Waals surface area contributed by atoms with Crippen molar-refractivity contribution in [3.8, 4) is 11.6 Å². The van der Waals surface area contributed by atoms with E-state index in [9.17, 15) is 18.0 Å². The van der Waals surface area contributed by atoms with Crippen molar-refractivity contribution >= 4 is 33.3 Å². The summed E-state index contributed by atoms with van der Waals surface area (Å²) in [6.07, 6.45) is 4.64. The Hall–Kier alpha value is -3.93. The van der Waals surface area contributed by atoms with Crippen LogP contribution >= 0.6 is 0 Å². The summed E-state index contributed by atoms with van der Waals surface area (Å²) in [5.74, 6) is -1.08. The Morgan fingerprint density at radius 1 is 1.27 bits per heavy atom. The van der Waals surface area contributed by atoms with E-state index in [1.165, 1.54) is 35.1 Å². The van der Waals surface area contributed by atoms with Gasteiger partial charge >= 0.3 is 5.97 Å². The van der Waals surface area contributed by atoms with Crippen LogP contribution in [-0.4, -0.2) is 53.3 Å². The van der Waals surface area contributed by atoms with Crippen molar-refractivity contribution in [3.05, 3.63) is 55.0 Å². The molecule has 30 heavy (non-hydrogen) atoms. The Morgan fingerprint density at radius 2 is 2.10 bits per heavy atom. The first-order valence-corrected chi connectivity index (χ1v) is 10.1. The van der Waals surface area contributed by atoms with E-state index in [1.54, 1.807) is 24.5 Å². The number of carboxylic acid groups (broad SMARTS) is 1. The van der Waals surface area contributed by atoms with Gasteiger partial charge in [-0.05, 0) is 36.4 Å². The number of amides is 1. The molecule has 0 spiro atoms. The van der Waals surface area contributed by atoms with Crippen molar-refractivity contribution in [2.24, 2.45) is 0 Å². The molecule has 154 valence electrons. The molecule has 3 aromatic rings. The van der Waals surface area contributed by atoms with Crippen molar-refractivity contribution in [3.63, 3.8) is 0 Å². The van der Waals surface area contributed by atoms with E-state index >= 15 is 0 Å². The molecule has 0 unspecified atom stereocenters. The molecular weight excluding hydrogens is 414 g/mol. The number of fused-ring (bicyclic) bond motifs is 1. The van der Waals surface area contributed by atoms with Crippen LogP contribution in [0.4, 0.5) is 11.4 Å². The van der Waals surface area contributed by atoms with Gasteiger partial charge in [0, 0.05) is 12.4 Å². The lowest BCUT2D eigenvalue weighted by Crippen LogP contribution is -2.42. The zero-order valence-electron chi connectivity index (χ0n) is 15.3. The molecule has 11 nitrogen and oxygen atoms in total. The van der Waals surface area contributed by atoms with Crippen LogP contribution in [0.15, 0.2) is 59.9 Å². The fourth-order valence-corrected chi connectivity index (χ4v) is 3.92. The molecule has 1 aliphatic heterocycles. The number of pyridine rings is 1. The van der Waals surface area contributed by atoms with Gasteiger partial charge in [0.15, 0.2) is 12.4 Å². The van der Waals surface area contributed by atoms with Crippen LogP contribution in [0.25, 0.3) is 5.82 Å². The fourth-order valence-electron chi connectivity index (χ4n) is 2.86. The van der Waals surface area contributed by atoms with Gasteiger partial charge in [0.05, 0.1) is 22.5 Å². The molecule has 1 aromatic carbocycles. The Labute approximate surface area is 170 Å². The van der Waals surface area contributed by atoms with Crippen molar-refractivity contribution < 1.29 is 27.9 Å². The number of anilines is 2. The number of nitrogens with zero attached hydrogens (tertiary/aromatic N) is 4. The number of hydrogen-bond donors (Lipinski definition) is 2. The average molecular weight is 429 g/mol. The van der Waals surface area contributed by atoms with Crippen LogP contribution in [0.2, 0.25) is 0 Å². The second-order valence-corrected chi connectivity index (χ2v) is 7.94. The van der Waals surface area contributed by atoms with E-state index in [4.69, 9.17) is 9.84 Å². The number of carbonyl (C=O) groups is 2. The van der Waals surface area contributed by atoms with Crippen LogP contribution in [0.3, 0.4) is 0 Å². The molecule has 12 heteroatoms. The van der Waals surface area contributed by atoms with Gasteiger partial charge in [-0.25, -0.2) is 18.1 Å². The minimum Gasteiger partial charge on any atom is -0.482 e. The summed E-state index contributed by atoms with van der Waals surface area (Å²) in [5, 5.41) is 13.1. The number of carbonyl (C=O) groups excluding carboxylic acids is 1. The fraction of sp³-hybridized carbons (Fsp3) is 0.111. The van der Waals surface area contributed by atoms with Gasteiger partial charge in [-0.1, -0.05) is 0 Å². The quantitative estimate of drug-likeness (QED) is 0.588. The monoisotopic (exact) mass is 429 g/mol. The minimum atomic E-state index is -4.04. The highest BCUT2D eigenvalue weighted by molar-refractivity contribution is 7.92. The van der Waals surface area contributed by atoms with Gasteiger partial charge in [0.2, 0.25) is 0 Å². The third-order valence-electron chi connectivity index (χ3n) is 4.22. The first kappa shape index (κ1) is 19.4. The number of ether oxygens (including phenoxy) is 1. The highest BCUT2D eigenvalue weighted by Crippen LogP contribution is 2.34. The lowest BCUT2D eigenvalue weighted by molar-refractivity contribution is -0.137. The van der Waals surface area contributed by atoms with Crippen LogP contribution in [-0.2, 0) is 19.6 Å². The molecule has 0 bridgehead atoms. The van der Waals surface area contributed by atoms with Gasteiger partial charge in [-0.15, -0.1) is 0 Å². The third-order valence-corrected chi connectivity index (χ3v) is 5.60. The summed E-state index contributed by atoms with van der Waals surface area (Å²) >= 11 is 0. The molecule has 0 radical (unpaired) electrons. The Kier molecular flexibility index (Phi) is 4.83. The molecule has 3 heterocycles. The average Bonchev–Trinajstić information content (AvgIpc) is 3.25. The molecule has 1 amide bonds. The topological polar surface area (TPSA) is 144 Å². The standard InChI is InChI=1S/C18H15N5O6S/c24-17-11-29-15-4-3-13(8-14(15)22(17)10-18(25)26)30(27,28)21-12-2-5-16(19-9-12)23-7-1-6-20-23/h1-9,21H,10-11H2,(H,25,26). The molecular formula is C18H15N5O6S. The van der Waals surface area contributed by atoms with Gasteiger partial charge in [0.1, 0.15) is 12.3 Å². The van der Waals surface area contributed by atoms with E-state index in [0.717, 1.165) is 4.90 Å². The summed E-state index contributed by atoms with van der Waals surface area (Å²) in [4.78, 5) is 28.1. The second kappa shape index (κ2) is 7.48. The van der Waals surface area contributed by atoms with E-state index in [1.807, 2.05) is 0 Å². The smallest absolute Gasteiger partial charge is 0.323 e. The van der Waals surface area contributed by atoms with Gasteiger partial charge in [0.25, 0.3) is 15.9 Å². The van der Waals surface area contributed by atoms with Crippen LogP contribution in [0.1, 0.15) is 0 Å². The van der Waals surface area contributed by atoms with Crippen LogP contribution in [0, 0.1) is 0 Å². The number of benzene rings is 1. The molecule has 0 saturated heterocycles. The number of hydrogen-bond acceptors (Lipinski definition) is 7. The maximum absolute atomic E-state index is 12.8. The van der Waals surface area contributed by atoms with E-state index in [2.05, 4.69) is 14.8 Å². The van der Waals surface area contributed by atoms with Crippen molar-refractivity contribution in [1.29, 1.82) is 0 Å². The maximum Gasteiger partial charge on any atom is 0.323 e. The SMILES string of the molecule is O=C(O)CN1C(=O)COc2ccc(S(=O)(=O)Nc3ccc(-n4cccn4)nc3)cc21. The first-order valence-electron chi connectivity index (χ1n) is 8.61. The summed E-state index contributed by atoms with van der Waals surface area (Å²) in [6.45, 7) is -0.927. The lowest BCUT2D eigenvalue weighted by Gasteiger charge is -2.28. The molecule has 2 aromatic heterocycles. The summed E-state index contributed by atoms with van der Waals surface area (Å²) < 4.78 is 34.8. The minimum absolute atomic E-state index is 0.0729. The third kappa shape index (κ3) is 3.80. The predicted molar refractivity (Wildman–Crippen MR) is 104 cm³/mol. The number of rotatable bonds is 6. The highest BCUT2D eigenvalue weighted by atomic mass is 32.2. The molecule has 2 N–H and O–H groups in total. The number of aromatic nitrogens is 3. The molecule has 0 atom stereocenters. The zero-order valence-corrected chi connectivity index (χ0v) is 16.1. The lowest BCUT2D eigenvalue weighted by atomic mass is 10.2. The zero-order chi connectivity index (χ0) is 21.3. The molecule has 0 saturated carbocycles. The summed E-state index contributed by atoms with van der Waals surface area (Å²) in [5.41, 5.74) is 0.294. The summed E-state index contributed by atoms with van der Waals surface area (Å²) in [6, 6.07) is 8.74. The van der Waals surface area contributed by atoms with Crippen LogP contribution < -0.4 is 14.4 Å². The number of aliphatic carboxylic acids is 1. The molecule has 4 rings (SSSR count).